The van der Waals surface area contributed by atoms with Crippen LogP contribution in [0.2, 0.25) is 5.02 Å². The van der Waals surface area contributed by atoms with Gasteiger partial charge in [-0.2, -0.15) is 0 Å². The van der Waals surface area contributed by atoms with Crippen molar-refractivity contribution in [1.82, 2.24) is 9.47 Å². The van der Waals surface area contributed by atoms with Gasteiger partial charge in [0.05, 0.1) is 12.5 Å². The molecule has 0 radical (unpaired) electrons. The van der Waals surface area contributed by atoms with Crippen LogP contribution in [0.1, 0.15) is 48.6 Å². The molecule has 0 aliphatic carbocycles. The molecule has 4 rings (SSSR count). The lowest BCUT2D eigenvalue weighted by molar-refractivity contribution is -0.134. The third kappa shape index (κ3) is 5.43. The minimum Gasteiger partial charge on any atom is -0.345 e. The fourth-order valence-corrected chi connectivity index (χ4v) is 4.53. The smallest absolute Gasteiger partial charge is 0.235 e. The molecule has 1 atom stereocenters. The van der Waals surface area contributed by atoms with Crippen LogP contribution in [0.4, 0.5) is 0 Å². The first-order valence-electron chi connectivity index (χ1n) is 11.9. The zero-order chi connectivity index (χ0) is 23.9. The highest BCUT2D eigenvalue weighted by Gasteiger charge is 2.30. The zero-order valence-corrected chi connectivity index (χ0v) is 20.5. The zero-order valence-electron chi connectivity index (χ0n) is 19.8. The summed E-state index contributed by atoms with van der Waals surface area (Å²) >= 11 is 6.42. The molecule has 0 fully saturated rings. The average Bonchev–Trinajstić information content (AvgIpc) is 3.31. The average molecular weight is 471 g/mol. The number of benzene rings is 3. The fraction of sp³-hybridized carbons (Fsp3) is 0.233. The topological polar surface area (TPSA) is 25.2 Å². The van der Waals surface area contributed by atoms with Crippen LogP contribution < -0.4 is 0 Å². The van der Waals surface area contributed by atoms with Crippen molar-refractivity contribution in [2.24, 2.45) is 0 Å². The number of amides is 1. The number of aromatic nitrogens is 1. The molecule has 4 heteroatoms. The number of hydrogen-bond donors (Lipinski definition) is 0. The maximum atomic E-state index is 14.2. The Morgan fingerprint density at radius 2 is 1.44 bits per heavy atom. The molecule has 0 N–H and O–H groups in total. The van der Waals surface area contributed by atoms with Gasteiger partial charge in [-0.1, -0.05) is 97.4 Å². The van der Waals surface area contributed by atoms with Crippen LogP contribution in [0.5, 0.6) is 0 Å². The Kier molecular flexibility index (Phi) is 7.87. The Hall–Kier alpha value is -3.30. The molecule has 0 bridgehead atoms. The van der Waals surface area contributed by atoms with Crippen molar-refractivity contribution < 1.29 is 4.79 Å². The first-order chi connectivity index (χ1) is 16.6. The molecule has 3 aromatic carbocycles. The highest BCUT2D eigenvalue weighted by molar-refractivity contribution is 6.31. The second-order valence-electron chi connectivity index (χ2n) is 8.70. The van der Waals surface area contributed by atoms with Crippen LogP contribution in [0, 0.1) is 0 Å². The number of nitrogens with zero attached hydrogens (tertiary/aromatic N) is 2. The van der Waals surface area contributed by atoms with E-state index in [-0.39, 0.29) is 17.9 Å². The van der Waals surface area contributed by atoms with Crippen LogP contribution >= 0.6 is 11.6 Å². The monoisotopic (exact) mass is 470 g/mol. The van der Waals surface area contributed by atoms with E-state index in [4.69, 9.17) is 11.6 Å². The molecular weight excluding hydrogens is 440 g/mol. The first kappa shape index (κ1) is 23.8. The molecule has 1 heterocycles. The van der Waals surface area contributed by atoms with Gasteiger partial charge in [0.15, 0.2) is 0 Å². The summed E-state index contributed by atoms with van der Waals surface area (Å²) in [6.45, 7) is 5.48. The molecule has 1 amide bonds. The molecule has 3 nitrogen and oxygen atoms in total. The van der Waals surface area contributed by atoms with E-state index >= 15 is 0 Å². The van der Waals surface area contributed by atoms with Gasteiger partial charge in [0.2, 0.25) is 5.91 Å². The Morgan fingerprint density at radius 1 is 0.853 bits per heavy atom. The summed E-state index contributed by atoms with van der Waals surface area (Å²) in [4.78, 5) is 16.2. The minimum atomic E-state index is -0.344. The van der Waals surface area contributed by atoms with Crippen molar-refractivity contribution in [3.8, 4) is 0 Å². The quantitative estimate of drug-likeness (QED) is 0.255. The third-order valence-electron chi connectivity index (χ3n) is 6.47. The Bertz CT molecular complexity index is 1160. The normalized spacial score (nSPS) is 12.0. The van der Waals surface area contributed by atoms with Gasteiger partial charge >= 0.3 is 0 Å². The van der Waals surface area contributed by atoms with Gasteiger partial charge in [-0.3, -0.25) is 4.79 Å². The van der Waals surface area contributed by atoms with E-state index in [2.05, 4.69) is 30.7 Å². The lowest BCUT2D eigenvalue weighted by atomic mass is 9.89. The standard InChI is InChI=1S/C30H31ClN2O/c1-3-23(2)33(22-27-18-12-20-32(27)21-26-17-10-11-19-28(26)31)30(34)29(24-13-6-4-7-14-24)25-15-8-5-9-16-25/h4-20,23,29H,3,21-22H2,1-2H3. The largest absolute Gasteiger partial charge is 0.345 e. The second-order valence-corrected chi connectivity index (χ2v) is 9.10. The molecule has 4 aromatic rings. The van der Waals surface area contributed by atoms with E-state index in [0.29, 0.717) is 13.1 Å². The van der Waals surface area contributed by atoms with Crippen molar-refractivity contribution >= 4 is 17.5 Å². The molecule has 0 spiro atoms. The lowest BCUT2D eigenvalue weighted by Crippen LogP contribution is -2.41. The fourth-order valence-electron chi connectivity index (χ4n) is 4.34. The van der Waals surface area contributed by atoms with Gasteiger partial charge in [-0.05, 0) is 48.2 Å². The van der Waals surface area contributed by atoms with Gasteiger partial charge in [-0.25, -0.2) is 0 Å². The summed E-state index contributed by atoms with van der Waals surface area (Å²) in [5.74, 6) is -0.222. The summed E-state index contributed by atoms with van der Waals surface area (Å²) < 4.78 is 2.18. The molecule has 1 unspecified atom stereocenters. The van der Waals surface area contributed by atoms with Crippen LogP contribution in [-0.4, -0.2) is 21.4 Å². The third-order valence-corrected chi connectivity index (χ3v) is 6.84. The van der Waals surface area contributed by atoms with Gasteiger partial charge in [0.25, 0.3) is 0 Å². The summed E-state index contributed by atoms with van der Waals surface area (Å²) in [6.07, 6.45) is 2.94. The maximum Gasteiger partial charge on any atom is 0.235 e. The molecule has 0 saturated carbocycles. The summed E-state index contributed by atoms with van der Waals surface area (Å²) in [6, 6.07) is 32.3. The van der Waals surface area contributed by atoms with Gasteiger partial charge in [0.1, 0.15) is 0 Å². The van der Waals surface area contributed by atoms with Gasteiger partial charge < -0.3 is 9.47 Å². The highest BCUT2D eigenvalue weighted by atomic mass is 35.5. The number of carbonyl (C=O) groups excluding carboxylic acids is 1. The second kappa shape index (κ2) is 11.2. The predicted molar refractivity (Wildman–Crippen MR) is 140 cm³/mol. The number of hydrogen-bond acceptors (Lipinski definition) is 1. The predicted octanol–water partition coefficient (Wildman–Crippen LogP) is 7.15. The number of carbonyl (C=O) groups is 1. The van der Waals surface area contributed by atoms with Crippen LogP contribution in [0.25, 0.3) is 0 Å². The number of rotatable bonds is 9. The highest BCUT2D eigenvalue weighted by Crippen LogP contribution is 2.29. The van der Waals surface area contributed by atoms with Crippen LogP contribution in [0.3, 0.4) is 0 Å². The molecule has 0 aliphatic rings. The van der Waals surface area contributed by atoms with E-state index in [1.54, 1.807) is 0 Å². The van der Waals surface area contributed by atoms with Crippen LogP contribution in [0.15, 0.2) is 103 Å². The maximum absolute atomic E-state index is 14.2. The molecule has 1 aromatic heterocycles. The van der Waals surface area contributed by atoms with E-state index in [0.717, 1.165) is 33.8 Å². The Labute approximate surface area is 207 Å². The minimum absolute atomic E-state index is 0.103. The summed E-state index contributed by atoms with van der Waals surface area (Å²) in [5, 5.41) is 0.755. The Morgan fingerprint density at radius 3 is 2.03 bits per heavy atom. The molecular formula is C30H31ClN2O. The van der Waals surface area contributed by atoms with E-state index in [9.17, 15) is 4.79 Å². The van der Waals surface area contributed by atoms with Crippen molar-refractivity contribution in [1.29, 1.82) is 0 Å². The molecule has 0 saturated heterocycles. The van der Waals surface area contributed by atoms with E-state index in [1.807, 2.05) is 95.9 Å². The lowest BCUT2D eigenvalue weighted by Gasteiger charge is -2.33. The van der Waals surface area contributed by atoms with Crippen molar-refractivity contribution in [3.05, 3.63) is 131 Å². The number of halogens is 1. The van der Waals surface area contributed by atoms with Crippen molar-refractivity contribution in [3.63, 3.8) is 0 Å². The van der Waals surface area contributed by atoms with Crippen molar-refractivity contribution in [2.45, 2.75) is 45.3 Å². The first-order valence-corrected chi connectivity index (χ1v) is 12.2. The SMILES string of the molecule is CCC(C)N(Cc1cccn1Cc1ccccc1Cl)C(=O)C(c1ccccc1)c1ccccc1. The summed E-state index contributed by atoms with van der Waals surface area (Å²) in [7, 11) is 0. The van der Waals surface area contributed by atoms with Gasteiger partial charge in [0, 0.05) is 29.5 Å². The molecule has 0 aliphatic heterocycles. The van der Waals surface area contributed by atoms with Gasteiger partial charge in [-0.15, -0.1) is 0 Å². The van der Waals surface area contributed by atoms with Crippen LogP contribution in [-0.2, 0) is 17.9 Å². The van der Waals surface area contributed by atoms with E-state index in [1.165, 1.54) is 0 Å². The summed E-state index contributed by atoms with van der Waals surface area (Å²) in [5.41, 5.74) is 4.18. The van der Waals surface area contributed by atoms with Crippen molar-refractivity contribution in [2.75, 3.05) is 0 Å². The van der Waals surface area contributed by atoms with E-state index < -0.39 is 0 Å². The Balaban J connectivity index is 1.67. The molecule has 174 valence electrons. The molecule has 34 heavy (non-hydrogen) atoms.